The van der Waals surface area contributed by atoms with Crippen LogP contribution in [0.5, 0.6) is 11.5 Å². The highest BCUT2D eigenvalue weighted by atomic mass is 16.5. The predicted octanol–water partition coefficient (Wildman–Crippen LogP) is 6.04. The number of nitrogens with two attached hydrogens (primary N) is 1. The summed E-state index contributed by atoms with van der Waals surface area (Å²) in [7, 11) is 0. The number of nitrogens with one attached hydrogen (secondary N) is 1. The first-order chi connectivity index (χ1) is 29.8. The third kappa shape index (κ3) is 8.06. The zero-order valence-electron chi connectivity index (χ0n) is 34.6. The number of aromatic nitrogens is 4. The van der Waals surface area contributed by atoms with Gasteiger partial charge in [0.1, 0.15) is 35.4 Å². The van der Waals surface area contributed by atoms with Crippen LogP contribution in [0.2, 0.25) is 0 Å². The molecule has 3 amide bonds. The van der Waals surface area contributed by atoms with E-state index in [1.165, 1.54) is 32.1 Å². The van der Waals surface area contributed by atoms with Crippen molar-refractivity contribution in [3.8, 4) is 22.8 Å². The number of carbonyl (C=O) groups excluding carboxylic acids is 3. The van der Waals surface area contributed by atoms with Crippen LogP contribution < -0.4 is 20.7 Å². The average molecular weight is 823 g/mol. The van der Waals surface area contributed by atoms with Gasteiger partial charge in [-0.05, 0) is 144 Å². The second-order valence-electron chi connectivity index (χ2n) is 17.5. The first-order valence-electron chi connectivity index (χ1n) is 22.2. The smallest absolute Gasteiger partial charge is 0.255 e. The fourth-order valence-electron chi connectivity index (χ4n) is 10.4. The maximum absolute atomic E-state index is 13.2. The summed E-state index contributed by atoms with van der Waals surface area (Å²) < 4.78 is 8.16. The Morgan fingerprint density at radius 2 is 1.59 bits per heavy atom. The molecular weight excluding hydrogens is 769 g/mol. The van der Waals surface area contributed by atoms with Crippen LogP contribution in [-0.2, 0) is 16.1 Å². The molecule has 0 spiro atoms. The molecule has 10 rings (SSSR count). The highest BCUT2D eigenvalue weighted by molar-refractivity contribution is 6.05. The lowest BCUT2D eigenvalue weighted by molar-refractivity contribution is -0.136. The fraction of sp³-hybridized carbons (Fsp3) is 0.447. The first-order valence-corrected chi connectivity index (χ1v) is 22.2. The van der Waals surface area contributed by atoms with Crippen molar-refractivity contribution in [2.75, 3.05) is 56.4 Å². The van der Waals surface area contributed by atoms with Crippen molar-refractivity contribution in [3.63, 3.8) is 0 Å². The second-order valence-corrected chi connectivity index (χ2v) is 17.5. The number of nitrogen functional groups attached to an aromatic ring is 1. The van der Waals surface area contributed by atoms with E-state index in [-0.39, 0.29) is 30.2 Å². The number of imide groups is 1. The Morgan fingerprint density at radius 3 is 2.38 bits per heavy atom. The number of para-hydroxylation sites is 1. The topological polar surface area (TPSA) is 155 Å². The van der Waals surface area contributed by atoms with E-state index in [2.05, 4.69) is 41.8 Å². The molecule has 4 fully saturated rings. The third-order valence-electron chi connectivity index (χ3n) is 13.8. The molecular formula is C47H54N10O4. The Kier molecular flexibility index (Phi) is 10.9. The molecule has 2 atom stereocenters. The quantitative estimate of drug-likeness (QED) is 0.159. The van der Waals surface area contributed by atoms with Gasteiger partial charge >= 0.3 is 0 Å². The molecule has 4 saturated heterocycles. The van der Waals surface area contributed by atoms with Crippen LogP contribution in [0.4, 0.5) is 11.5 Å². The summed E-state index contributed by atoms with van der Waals surface area (Å²) in [6.45, 7) is 7.92. The van der Waals surface area contributed by atoms with Gasteiger partial charge in [0, 0.05) is 55.5 Å². The van der Waals surface area contributed by atoms with Crippen LogP contribution in [0.15, 0.2) is 79.1 Å². The van der Waals surface area contributed by atoms with Crippen molar-refractivity contribution in [3.05, 3.63) is 90.3 Å². The van der Waals surface area contributed by atoms with E-state index in [4.69, 9.17) is 20.6 Å². The zero-order valence-corrected chi connectivity index (χ0v) is 34.6. The Bertz CT molecular complexity index is 2410. The summed E-state index contributed by atoms with van der Waals surface area (Å²) in [4.78, 5) is 55.9. The second kappa shape index (κ2) is 16.9. The van der Waals surface area contributed by atoms with Gasteiger partial charge in [0.25, 0.3) is 5.91 Å². The number of ether oxygens (including phenoxy) is 1. The summed E-state index contributed by atoms with van der Waals surface area (Å²) in [5.41, 5.74) is 11.8. The summed E-state index contributed by atoms with van der Waals surface area (Å²) >= 11 is 0. The maximum Gasteiger partial charge on any atom is 0.255 e. The average Bonchev–Trinajstić information content (AvgIpc) is 3.85. The van der Waals surface area contributed by atoms with Crippen molar-refractivity contribution < 1.29 is 19.1 Å². The SMILES string of the molecule is Nc1ncnc2c1c(-c1ccc(Oc3ccccc3)cc1)nn2C1CCCN(C2CCN(CCC3CCN(c4ccc5c(c4)CN(C4CCC(=O)NC4=O)C5=O)CC3)CC2)C1. The van der Waals surface area contributed by atoms with Crippen molar-refractivity contribution >= 4 is 40.3 Å². The van der Waals surface area contributed by atoms with Crippen LogP contribution in [0.3, 0.4) is 0 Å². The van der Waals surface area contributed by atoms with Gasteiger partial charge in [0.15, 0.2) is 5.65 Å². The molecule has 5 aliphatic rings. The molecule has 3 N–H and O–H groups in total. The van der Waals surface area contributed by atoms with Gasteiger partial charge in [-0.3, -0.25) is 24.6 Å². The van der Waals surface area contributed by atoms with Gasteiger partial charge in [-0.25, -0.2) is 14.6 Å². The minimum atomic E-state index is -0.586. The van der Waals surface area contributed by atoms with E-state index >= 15 is 0 Å². The minimum absolute atomic E-state index is 0.119. The summed E-state index contributed by atoms with van der Waals surface area (Å²) in [5, 5.41) is 8.40. The number of benzene rings is 3. The number of amides is 3. The predicted molar refractivity (Wildman–Crippen MR) is 233 cm³/mol. The van der Waals surface area contributed by atoms with Gasteiger partial charge in [0.05, 0.1) is 11.4 Å². The van der Waals surface area contributed by atoms with Crippen LogP contribution >= 0.6 is 0 Å². The molecule has 14 heteroatoms. The van der Waals surface area contributed by atoms with E-state index in [1.807, 2.05) is 60.7 Å². The van der Waals surface area contributed by atoms with E-state index in [1.54, 1.807) is 11.2 Å². The van der Waals surface area contributed by atoms with Crippen LogP contribution in [-0.4, -0.2) is 110 Å². The van der Waals surface area contributed by atoms with Gasteiger partial charge in [-0.1, -0.05) is 18.2 Å². The van der Waals surface area contributed by atoms with E-state index in [0.717, 1.165) is 104 Å². The molecule has 5 aliphatic heterocycles. The molecule has 5 aromatic rings. The number of rotatable bonds is 10. The molecule has 316 valence electrons. The number of piperidine rings is 4. The fourth-order valence-corrected chi connectivity index (χ4v) is 10.4. The van der Waals surface area contributed by atoms with Crippen molar-refractivity contribution in [1.29, 1.82) is 0 Å². The monoisotopic (exact) mass is 822 g/mol. The number of hydrogen-bond acceptors (Lipinski definition) is 11. The lowest BCUT2D eigenvalue weighted by atomic mass is 9.92. The van der Waals surface area contributed by atoms with Gasteiger partial charge in [-0.2, -0.15) is 5.10 Å². The molecule has 61 heavy (non-hydrogen) atoms. The lowest BCUT2D eigenvalue weighted by Crippen LogP contribution is -2.52. The van der Waals surface area contributed by atoms with Crippen LogP contribution in [0, 0.1) is 5.92 Å². The van der Waals surface area contributed by atoms with Gasteiger partial charge in [-0.15, -0.1) is 0 Å². The van der Waals surface area contributed by atoms with Crippen LogP contribution in [0.25, 0.3) is 22.3 Å². The number of carbonyl (C=O) groups is 3. The molecule has 2 unspecified atom stereocenters. The summed E-state index contributed by atoms with van der Waals surface area (Å²) in [5.74, 6) is 1.95. The normalized spacial score (nSPS) is 22.2. The number of hydrogen-bond donors (Lipinski definition) is 2. The Labute approximate surface area is 356 Å². The number of anilines is 2. The molecule has 0 bridgehead atoms. The Balaban J connectivity index is 0.705. The van der Waals surface area contributed by atoms with E-state index in [0.29, 0.717) is 36.3 Å². The lowest BCUT2D eigenvalue weighted by Gasteiger charge is -2.42. The molecule has 3 aromatic carbocycles. The highest BCUT2D eigenvalue weighted by Gasteiger charge is 2.39. The highest BCUT2D eigenvalue weighted by Crippen LogP contribution is 2.37. The number of nitrogens with zero attached hydrogens (tertiary/aromatic N) is 8. The van der Waals surface area contributed by atoms with Crippen molar-refractivity contribution in [1.82, 2.24) is 39.8 Å². The molecule has 0 saturated carbocycles. The molecule has 7 heterocycles. The Hall–Kier alpha value is -5.86. The van der Waals surface area contributed by atoms with E-state index < -0.39 is 6.04 Å². The molecule has 0 aliphatic carbocycles. The molecule has 2 aromatic heterocycles. The van der Waals surface area contributed by atoms with E-state index in [9.17, 15) is 14.4 Å². The molecule has 0 radical (unpaired) electrons. The molecule has 14 nitrogen and oxygen atoms in total. The third-order valence-corrected chi connectivity index (χ3v) is 13.8. The largest absolute Gasteiger partial charge is 0.457 e. The maximum atomic E-state index is 13.2. The zero-order chi connectivity index (χ0) is 41.5. The van der Waals surface area contributed by atoms with Crippen LogP contribution in [0.1, 0.15) is 79.8 Å². The Morgan fingerprint density at radius 1 is 0.803 bits per heavy atom. The van der Waals surface area contributed by atoms with Gasteiger partial charge in [0.2, 0.25) is 11.8 Å². The standard InChI is InChI=1S/C47H54N10O4/c48-44-42-43(32-8-11-38(12-9-32)61-37-6-2-1-3-7-37)52-57(45(42)50-30-49-44)36-5-4-21-55(29-36)34-19-23-53(24-20-34)22-16-31-17-25-54(26-18-31)35-10-13-39-33(27-35)28-56(47(39)60)40-14-15-41(58)51-46(40)59/h1-3,6-13,27,30-31,34,36,40H,4-5,14-26,28-29H2,(H2,48,49,50)(H,51,58,59). The van der Waals surface area contributed by atoms with Gasteiger partial charge < -0.3 is 25.2 Å². The first kappa shape index (κ1) is 39.3. The van der Waals surface area contributed by atoms with Crippen molar-refractivity contribution in [2.24, 2.45) is 5.92 Å². The summed E-state index contributed by atoms with van der Waals surface area (Å²) in [6.07, 6.45) is 10.3. The minimum Gasteiger partial charge on any atom is -0.457 e. The number of fused-ring (bicyclic) bond motifs is 2. The van der Waals surface area contributed by atoms with Crippen molar-refractivity contribution in [2.45, 2.75) is 82.5 Å². The number of likely N-dealkylation sites (tertiary alicyclic amines) is 2. The summed E-state index contributed by atoms with van der Waals surface area (Å²) in [6, 6.07) is 24.1.